The second-order valence-electron chi connectivity index (χ2n) is 3.81. The first-order valence-electron chi connectivity index (χ1n) is 5.24. The van der Waals surface area contributed by atoms with E-state index in [1.165, 1.54) is 6.26 Å². The third-order valence-corrected chi connectivity index (χ3v) is 2.52. The molecule has 2 heterocycles. The lowest BCUT2D eigenvalue weighted by Gasteiger charge is -2.32. The number of amides is 1. The van der Waals surface area contributed by atoms with Gasteiger partial charge in [-0.1, -0.05) is 0 Å². The first-order valence-corrected chi connectivity index (χ1v) is 5.24. The first kappa shape index (κ1) is 10.3. The number of ether oxygens (including phenoxy) is 2. The molecule has 1 amide bonds. The highest BCUT2D eigenvalue weighted by atomic mass is 16.6. The van der Waals surface area contributed by atoms with Gasteiger partial charge in [-0.25, -0.2) is 0 Å². The van der Waals surface area contributed by atoms with Crippen LogP contribution in [-0.4, -0.2) is 49.7 Å². The molecule has 0 radical (unpaired) electrons. The molecule has 0 saturated carbocycles. The average molecular weight is 212 g/mol. The standard InChI is InChI=1S/C10H16N2O3/c1-8-6-12(3-2-11-8)10(13)9-7-14-4-5-15-9/h7-8,11H,2-6H2,1H3. The molecule has 0 bridgehead atoms. The van der Waals surface area contributed by atoms with E-state index in [4.69, 9.17) is 9.47 Å². The molecule has 1 saturated heterocycles. The smallest absolute Gasteiger partial charge is 0.292 e. The molecule has 0 spiro atoms. The summed E-state index contributed by atoms with van der Waals surface area (Å²) in [5, 5.41) is 3.28. The monoisotopic (exact) mass is 212 g/mol. The Balaban J connectivity index is 1.97. The van der Waals surface area contributed by atoms with Crippen LogP contribution >= 0.6 is 0 Å². The molecule has 0 aromatic rings. The van der Waals surface area contributed by atoms with E-state index in [1.54, 1.807) is 4.90 Å². The van der Waals surface area contributed by atoms with Crippen molar-refractivity contribution in [2.45, 2.75) is 13.0 Å². The summed E-state index contributed by atoms with van der Waals surface area (Å²) >= 11 is 0. The van der Waals surface area contributed by atoms with Crippen LogP contribution in [-0.2, 0) is 14.3 Å². The van der Waals surface area contributed by atoms with Crippen molar-refractivity contribution < 1.29 is 14.3 Å². The van der Waals surface area contributed by atoms with E-state index in [0.717, 1.165) is 19.6 Å². The van der Waals surface area contributed by atoms with Crippen LogP contribution < -0.4 is 5.32 Å². The Morgan fingerprint density at radius 2 is 2.47 bits per heavy atom. The molecule has 1 fully saturated rings. The second-order valence-corrected chi connectivity index (χ2v) is 3.81. The number of carbonyl (C=O) groups excluding carboxylic acids is 1. The predicted molar refractivity (Wildman–Crippen MR) is 54.0 cm³/mol. The lowest BCUT2D eigenvalue weighted by Crippen LogP contribution is -2.52. The summed E-state index contributed by atoms with van der Waals surface area (Å²) in [5.74, 6) is 0.262. The number of piperazine rings is 1. The van der Waals surface area contributed by atoms with E-state index in [0.29, 0.717) is 25.0 Å². The summed E-state index contributed by atoms with van der Waals surface area (Å²) in [4.78, 5) is 13.7. The lowest BCUT2D eigenvalue weighted by atomic mass is 10.2. The Hall–Kier alpha value is -1.23. The van der Waals surface area contributed by atoms with Gasteiger partial charge in [0.05, 0.1) is 0 Å². The van der Waals surface area contributed by atoms with Crippen LogP contribution in [0.5, 0.6) is 0 Å². The molecular formula is C10H16N2O3. The third-order valence-electron chi connectivity index (χ3n) is 2.52. The molecule has 15 heavy (non-hydrogen) atoms. The van der Waals surface area contributed by atoms with Crippen LogP contribution in [0.15, 0.2) is 12.0 Å². The van der Waals surface area contributed by atoms with Crippen LogP contribution in [0.1, 0.15) is 6.92 Å². The van der Waals surface area contributed by atoms with Gasteiger partial charge in [-0.2, -0.15) is 0 Å². The Morgan fingerprint density at radius 3 is 3.13 bits per heavy atom. The van der Waals surface area contributed by atoms with Gasteiger partial charge in [0.25, 0.3) is 5.91 Å². The number of rotatable bonds is 1. The normalized spacial score (nSPS) is 26.3. The number of hydrogen-bond donors (Lipinski definition) is 1. The zero-order valence-electron chi connectivity index (χ0n) is 8.86. The van der Waals surface area contributed by atoms with Gasteiger partial charge in [-0.15, -0.1) is 0 Å². The van der Waals surface area contributed by atoms with Gasteiger partial charge in [0.2, 0.25) is 5.76 Å². The summed E-state index contributed by atoms with van der Waals surface area (Å²) < 4.78 is 10.3. The van der Waals surface area contributed by atoms with Crippen LogP contribution in [0.25, 0.3) is 0 Å². The summed E-state index contributed by atoms with van der Waals surface area (Å²) in [7, 11) is 0. The van der Waals surface area contributed by atoms with E-state index in [2.05, 4.69) is 12.2 Å². The first-order chi connectivity index (χ1) is 7.27. The Kier molecular flexibility index (Phi) is 3.11. The van der Waals surface area contributed by atoms with Gasteiger partial charge in [-0.3, -0.25) is 4.79 Å². The number of nitrogens with one attached hydrogen (secondary N) is 1. The molecular weight excluding hydrogens is 196 g/mol. The second kappa shape index (κ2) is 4.53. The Morgan fingerprint density at radius 1 is 1.60 bits per heavy atom. The lowest BCUT2D eigenvalue weighted by molar-refractivity contribution is -0.133. The molecule has 2 rings (SSSR count). The largest absolute Gasteiger partial charge is 0.494 e. The zero-order chi connectivity index (χ0) is 10.7. The summed E-state index contributed by atoms with van der Waals surface area (Å²) in [6.45, 7) is 5.32. The van der Waals surface area contributed by atoms with Gasteiger partial charge in [0, 0.05) is 25.7 Å². The number of hydrogen-bond acceptors (Lipinski definition) is 4. The topological polar surface area (TPSA) is 50.8 Å². The fraction of sp³-hybridized carbons (Fsp3) is 0.700. The molecule has 5 heteroatoms. The Labute approximate surface area is 89.0 Å². The molecule has 5 nitrogen and oxygen atoms in total. The molecule has 1 N–H and O–H groups in total. The molecule has 1 atom stereocenters. The van der Waals surface area contributed by atoms with Gasteiger partial charge in [0.1, 0.15) is 19.5 Å². The van der Waals surface area contributed by atoms with Crippen molar-refractivity contribution in [2.24, 2.45) is 0 Å². The fourth-order valence-electron chi connectivity index (χ4n) is 1.75. The average Bonchev–Trinajstić information content (AvgIpc) is 2.29. The third kappa shape index (κ3) is 2.41. The SMILES string of the molecule is CC1CN(C(=O)C2=COCCO2)CCN1. The summed E-state index contributed by atoms with van der Waals surface area (Å²) in [6.07, 6.45) is 1.42. The van der Waals surface area contributed by atoms with Crippen molar-refractivity contribution in [1.82, 2.24) is 10.2 Å². The van der Waals surface area contributed by atoms with E-state index in [9.17, 15) is 4.79 Å². The molecule has 0 aromatic carbocycles. The van der Waals surface area contributed by atoms with Crippen molar-refractivity contribution in [1.29, 1.82) is 0 Å². The van der Waals surface area contributed by atoms with Crippen molar-refractivity contribution in [3.05, 3.63) is 12.0 Å². The zero-order valence-corrected chi connectivity index (χ0v) is 8.86. The molecule has 1 unspecified atom stereocenters. The van der Waals surface area contributed by atoms with Crippen molar-refractivity contribution in [3.63, 3.8) is 0 Å². The van der Waals surface area contributed by atoms with E-state index < -0.39 is 0 Å². The van der Waals surface area contributed by atoms with E-state index in [-0.39, 0.29) is 5.91 Å². The maximum atomic E-state index is 11.9. The highest BCUT2D eigenvalue weighted by molar-refractivity contribution is 5.91. The molecule has 2 aliphatic heterocycles. The molecule has 84 valence electrons. The minimum Gasteiger partial charge on any atom is -0.494 e. The van der Waals surface area contributed by atoms with Crippen molar-refractivity contribution >= 4 is 5.91 Å². The predicted octanol–water partition coefficient (Wildman–Crippen LogP) is -0.305. The highest BCUT2D eigenvalue weighted by Gasteiger charge is 2.25. The fourth-order valence-corrected chi connectivity index (χ4v) is 1.75. The minimum atomic E-state index is -0.0666. The van der Waals surface area contributed by atoms with Gasteiger partial charge in [-0.05, 0) is 6.92 Å². The van der Waals surface area contributed by atoms with Crippen LogP contribution in [0.4, 0.5) is 0 Å². The van der Waals surface area contributed by atoms with Gasteiger partial charge in [0.15, 0.2) is 0 Å². The van der Waals surface area contributed by atoms with Crippen LogP contribution in [0.2, 0.25) is 0 Å². The Bertz CT molecular complexity index is 278. The number of carbonyl (C=O) groups is 1. The minimum absolute atomic E-state index is 0.0666. The van der Waals surface area contributed by atoms with Gasteiger partial charge < -0.3 is 19.7 Å². The van der Waals surface area contributed by atoms with Crippen LogP contribution in [0, 0.1) is 0 Å². The van der Waals surface area contributed by atoms with Crippen LogP contribution in [0.3, 0.4) is 0 Å². The quantitative estimate of drug-likeness (QED) is 0.648. The van der Waals surface area contributed by atoms with Crippen molar-refractivity contribution in [2.75, 3.05) is 32.8 Å². The molecule has 0 aliphatic carbocycles. The van der Waals surface area contributed by atoms with Gasteiger partial charge >= 0.3 is 0 Å². The number of nitrogens with zero attached hydrogens (tertiary/aromatic N) is 1. The summed E-state index contributed by atoms with van der Waals surface area (Å²) in [6, 6.07) is 0.341. The summed E-state index contributed by atoms with van der Waals surface area (Å²) in [5.41, 5.74) is 0. The highest BCUT2D eigenvalue weighted by Crippen LogP contribution is 2.10. The van der Waals surface area contributed by atoms with E-state index >= 15 is 0 Å². The molecule has 0 aromatic heterocycles. The van der Waals surface area contributed by atoms with E-state index in [1.807, 2.05) is 0 Å². The maximum absolute atomic E-state index is 11.9. The molecule has 2 aliphatic rings. The van der Waals surface area contributed by atoms with Crippen molar-refractivity contribution in [3.8, 4) is 0 Å². The maximum Gasteiger partial charge on any atom is 0.292 e.